The molecule has 0 atom stereocenters. The van der Waals surface area contributed by atoms with Crippen LogP contribution in [-0.2, 0) is 10.0 Å². The van der Waals surface area contributed by atoms with Gasteiger partial charge in [0, 0.05) is 6.20 Å². The fourth-order valence-electron chi connectivity index (χ4n) is 1.97. The Morgan fingerprint density at radius 3 is 2.57 bits per heavy atom. The number of hydrogen-bond acceptors (Lipinski definition) is 4. The van der Waals surface area contributed by atoms with Crippen LogP contribution in [0.5, 0.6) is 0 Å². The summed E-state index contributed by atoms with van der Waals surface area (Å²) >= 11 is 0. The van der Waals surface area contributed by atoms with E-state index in [2.05, 4.69) is 15.9 Å². The van der Waals surface area contributed by atoms with Crippen LogP contribution in [-0.4, -0.2) is 22.4 Å². The van der Waals surface area contributed by atoms with Crippen LogP contribution in [0.15, 0.2) is 47.6 Å². The highest BCUT2D eigenvalue weighted by atomic mass is 32.2. The van der Waals surface area contributed by atoms with Crippen LogP contribution >= 0.6 is 0 Å². The van der Waals surface area contributed by atoms with Gasteiger partial charge in [0.15, 0.2) is 5.65 Å². The van der Waals surface area contributed by atoms with Gasteiger partial charge >= 0.3 is 0 Å². The predicted molar refractivity (Wildman–Crippen MR) is 79.2 cm³/mol. The highest BCUT2D eigenvalue weighted by Crippen LogP contribution is 2.20. The molecule has 0 aliphatic carbocycles. The minimum atomic E-state index is -3.70. The van der Waals surface area contributed by atoms with Gasteiger partial charge in [-0.1, -0.05) is 17.7 Å². The zero-order valence-electron chi connectivity index (χ0n) is 11.2. The molecule has 2 heterocycles. The van der Waals surface area contributed by atoms with E-state index in [0.717, 1.165) is 9.54 Å². The van der Waals surface area contributed by atoms with E-state index < -0.39 is 10.0 Å². The van der Waals surface area contributed by atoms with E-state index in [1.54, 1.807) is 30.3 Å². The number of aromatic nitrogens is 3. The lowest BCUT2D eigenvalue weighted by Crippen LogP contribution is -2.12. The molecule has 1 aromatic carbocycles. The third kappa shape index (κ3) is 2.18. The third-order valence-corrected chi connectivity index (χ3v) is 4.76. The average Bonchev–Trinajstić information content (AvgIpc) is 2.91. The normalized spacial score (nSPS) is 11.4. The van der Waals surface area contributed by atoms with Crippen LogP contribution in [0, 0.1) is 19.3 Å². The van der Waals surface area contributed by atoms with E-state index in [0.29, 0.717) is 11.2 Å². The molecule has 0 unspecified atom stereocenters. The van der Waals surface area contributed by atoms with E-state index in [9.17, 15) is 8.42 Å². The van der Waals surface area contributed by atoms with Crippen LogP contribution in [0.4, 0.5) is 0 Å². The van der Waals surface area contributed by atoms with E-state index in [-0.39, 0.29) is 10.5 Å². The van der Waals surface area contributed by atoms with Gasteiger partial charge in [-0.2, -0.15) is 0 Å². The zero-order chi connectivity index (χ0) is 15.0. The molecule has 0 radical (unpaired) electrons. The zero-order valence-corrected chi connectivity index (χ0v) is 12.0. The molecule has 0 saturated carbocycles. The molecule has 0 saturated heterocycles. The van der Waals surface area contributed by atoms with Crippen molar-refractivity contribution in [3.8, 4) is 12.3 Å². The van der Waals surface area contributed by atoms with Crippen molar-refractivity contribution >= 4 is 21.2 Å². The van der Waals surface area contributed by atoms with Crippen molar-refractivity contribution in [2.45, 2.75) is 11.8 Å². The lowest BCUT2D eigenvalue weighted by molar-refractivity contribution is 0.588. The number of nitrogens with zero attached hydrogens (tertiary/aromatic N) is 3. The summed E-state index contributed by atoms with van der Waals surface area (Å²) in [6, 6.07) is 8.22. The lowest BCUT2D eigenvalue weighted by atomic mass is 10.2. The lowest BCUT2D eigenvalue weighted by Gasteiger charge is -2.07. The number of benzene rings is 1. The van der Waals surface area contributed by atoms with E-state index in [1.165, 1.54) is 12.4 Å². The van der Waals surface area contributed by atoms with E-state index in [1.807, 2.05) is 6.92 Å². The maximum absolute atomic E-state index is 12.6. The molecule has 0 amide bonds. The second-order valence-electron chi connectivity index (χ2n) is 4.54. The number of hydrogen-bond donors (Lipinski definition) is 0. The highest BCUT2D eigenvalue weighted by Gasteiger charge is 2.19. The van der Waals surface area contributed by atoms with Gasteiger partial charge < -0.3 is 0 Å². The van der Waals surface area contributed by atoms with Gasteiger partial charge in [0.1, 0.15) is 11.2 Å². The van der Waals surface area contributed by atoms with Crippen molar-refractivity contribution in [2.75, 3.05) is 0 Å². The molecule has 0 aliphatic heterocycles. The molecular formula is C15H11N3O2S. The molecule has 0 fully saturated rings. The maximum atomic E-state index is 12.6. The predicted octanol–water partition coefficient (Wildman–Crippen LogP) is 1.96. The Hall–Kier alpha value is -2.65. The molecular weight excluding hydrogens is 286 g/mol. The van der Waals surface area contributed by atoms with Crippen LogP contribution in [0.3, 0.4) is 0 Å². The molecule has 6 heteroatoms. The first kappa shape index (κ1) is 13.3. The van der Waals surface area contributed by atoms with Gasteiger partial charge in [-0.3, -0.25) is 0 Å². The van der Waals surface area contributed by atoms with Crippen molar-refractivity contribution in [3.05, 3.63) is 54.0 Å². The first-order valence-electron chi connectivity index (χ1n) is 6.15. The van der Waals surface area contributed by atoms with Crippen molar-refractivity contribution in [3.63, 3.8) is 0 Å². The monoisotopic (exact) mass is 297 g/mol. The topological polar surface area (TPSA) is 64.8 Å². The number of fused-ring (bicyclic) bond motifs is 1. The molecule has 0 aliphatic rings. The summed E-state index contributed by atoms with van der Waals surface area (Å²) in [5.41, 5.74) is 2.06. The maximum Gasteiger partial charge on any atom is 0.269 e. The van der Waals surface area contributed by atoms with Gasteiger partial charge in [0.2, 0.25) is 0 Å². The second kappa shape index (κ2) is 4.72. The molecule has 2 aromatic heterocycles. The van der Waals surface area contributed by atoms with Gasteiger partial charge in [-0.15, -0.1) is 6.42 Å². The van der Waals surface area contributed by atoms with Crippen LogP contribution in [0.1, 0.15) is 11.3 Å². The van der Waals surface area contributed by atoms with Crippen LogP contribution in [0.25, 0.3) is 11.2 Å². The summed E-state index contributed by atoms with van der Waals surface area (Å²) < 4.78 is 26.4. The second-order valence-corrected chi connectivity index (χ2v) is 6.35. The summed E-state index contributed by atoms with van der Waals surface area (Å²) in [5, 5.41) is 0. The summed E-state index contributed by atoms with van der Waals surface area (Å²) in [4.78, 5) is 8.45. The Morgan fingerprint density at radius 1 is 1.19 bits per heavy atom. The van der Waals surface area contributed by atoms with Gasteiger partial charge in [0.25, 0.3) is 10.0 Å². The molecule has 5 nitrogen and oxygen atoms in total. The molecule has 3 aromatic rings. The Labute approximate surface area is 122 Å². The van der Waals surface area contributed by atoms with E-state index in [4.69, 9.17) is 6.42 Å². The number of aryl methyl sites for hydroxylation is 1. The Bertz CT molecular complexity index is 964. The minimum absolute atomic E-state index is 0.202. The molecule has 0 spiro atoms. The molecule has 0 bridgehead atoms. The highest BCUT2D eigenvalue weighted by molar-refractivity contribution is 7.90. The van der Waals surface area contributed by atoms with Gasteiger partial charge in [0.05, 0.1) is 11.1 Å². The summed E-state index contributed by atoms with van der Waals surface area (Å²) in [6.45, 7) is 1.90. The number of rotatable bonds is 2. The standard InChI is InChI=1S/C15H11N3O2S/c1-3-12-10-16-15-14(17-12)8-9-18(15)21(19,20)13-6-4-11(2)5-7-13/h1,4-10H,2H3. The van der Waals surface area contributed by atoms with Crippen LogP contribution < -0.4 is 0 Å². The Kier molecular flexibility index (Phi) is 3.00. The Balaban J connectivity index is 2.20. The van der Waals surface area contributed by atoms with Crippen molar-refractivity contribution in [1.29, 1.82) is 0 Å². The Morgan fingerprint density at radius 2 is 1.90 bits per heavy atom. The largest absolute Gasteiger partial charge is 0.269 e. The van der Waals surface area contributed by atoms with Crippen LogP contribution in [0.2, 0.25) is 0 Å². The smallest absolute Gasteiger partial charge is 0.234 e. The fourth-order valence-corrected chi connectivity index (χ4v) is 3.27. The van der Waals surface area contributed by atoms with E-state index >= 15 is 0 Å². The first-order chi connectivity index (χ1) is 10.0. The molecule has 3 rings (SSSR count). The summed E-state index contributed by atoms with van der Waals surface area (Å²) in [7, 11) is -3.70. The van der Waals surface area contributed by atoms with Crippen molar-refractivity contribution in [2.24, 2.45) is 0 Å². The van der Waals surface area contributed by atoms with Gasteiger partial charge in [-0.25, -0.2) is 22.4 Å². The summed E-state index contributed by atoms with van der Waals surface area (Å²) in [6.07, 6.45) is 8.07. The number of terminal acetylenes is 1. The van der Waals surface area contributed by atoms with Crippen molar-refractivity contribution < 1.29 is 8.42 Å². The average molecular weight is 297 g/mol. The molecule has 21 heavy (non-hydrogen) atoms. The molecule has 0 N–H and O–H groups in total. The molecule has 104 valence electrons. The SMILES string of the molecule is C#Cc1cnc2c(ccn2S(=O)(=O)c2ccc(C)cc2)n1. The van der Waals surface area contributed by atoms with Gasteiger partial charge in [-0.05, 0) is 31.0 Å². The van der Waals surface area contributed by atoms with Crippen molar-refractivity contribution in [1.82, 2.24) is 13.9 Å². The summed E-state index contributed by atoms with van der Waals surface area (Å²) in [5.74, 6) is 2.37. The third-order valence-electron chi connectivity index (χ3n) is 3.08. The first-order valence-corrected chi connectivity index (χ1v) is 7.59. The fraction of sp³-hybridized carbons (Fsp3) is 0.0667. The quantitative estimate of drug-likeness (QED) is 0.678. The minimum Gasteiger partial charge on any atom is -0.234 e.